The quantitative estimate of drug-likeness (QED) is 0.809. The Kier molecular flexibility index (Phi) is 3.47. The Morgan fingerprint density at radius 3 is 2.93 bits per heavy atom. The Bertz CT molecular complexity index is 400. The van der Waals surface area contributed by atoms with Gasteiger partial charge in [0.15, 0.2) is 0 Å². The lowest BCUT2D eigenvalue weighted by Gasteiger charge is -2.03. The van der Waals surface area contributed by atoms with E-state index in [1.165, 1.54) is 5.69 Å². The van der Waals surface area contributed by atoms with E-state index in [9.17, 15) is 0 Å². The second kappa shape index (κ2) is 4.84. The van der Waals surface area contributed by atoms with Crippen LogP contribution in [0.4, 0.5) is 0 Å². The van der Waals surface area contributed by atoms with Crippen LogP contribution in [0.5, 0.6) is 0 Å². The van der Waals surface area contributed by atoms with Gasteiger partial charge in [0.05, 0.1) is 0 Å². The molecular formula is C10H9IN2S. The van der Waals surface area contributed by atoms with Crippen LogP contribution in [0.15, 0.2) is 42.7 Å². The minimum atomic E-state index is 0.893. The first-order valence-corrected chi connectivity index (χ1v) is 7.57. The molecule has 0 saturated carbocycles. The van der Waals surface area contributed by atoms with Crippen molar-refractivity contribution in [2.24, 2.45) is 0 Å². The summed E-state index contributed by atoms with van der Waals surface area (Å²) in [6.45, 7) is 0. The number of pyridine rings is 1. The zero-order valence-electron chi connectivity index (χ0n) is 7.43. The third-order valence-corrected chi connectivity index (χ3v) is 3.73. The van der Waals surface area contributed by atoms with E-state index in [1.807, 2.05) is 18.3 Å². The minimum absolute atomic E-state index is 0.893. The van der Waals surface area contributed by atoms with Gasteiger partial charge in [0.2, 0.25) is 0 Å². The molecule has 0 spiro atoms. The van der Waals surface area contributed by atoms with Gasteiger partial charge in [0.1, 0.15) is 0 Å². The van der Waals surface area contributed by atoms with Gasteiger partial charge in [-0.1, -0.05) is 6.07 Å². The van der Waals surface area contributed by atoms with Crippen LogP contribution in [0.25, 0.3) is 0 Å². The molecule has 4 heteroatoms. The number of halogens is 1. The molecule has 2 rings (SSSR count). The van der Waals surface area contributed by atoms with E-state index in [1.54, 1.807) is 9.12 Å². The molecule has 0 atom stereocenters. The van der Waals surface area contributed by atoms with Crippen LogP contribution in [-0.4, -0.2) is 8.96 Å². The fraction of sp³-hybridized carbons (Fsp3) is 0.100. The summed E-state index contributed by atoms with van der Waals surface area (Å²) in [5, 5.41) is 0. The molecule has 0 aliphatic carbocycles. The largest absolute Gasteiger partial charge is 0.287 e. The Labute approximate surface area is 99.5 Å². The monoisotopic (exact) mass is 316 g/mol. The van der Waals surface area contributed by atoms with Crippen LogP contribution in [0.1, 0.15) is 11.4 Å². The molecule has 0 saturated heterocycles. The molecule has 0 aliphatic rings. The number of hydrogen-bond acceptors (Lipinski definition) is 2. The van der Waals surface area contributed by atoms with Crippen LogP contribution in [-0.2, 0) is 6.42 Å². The maximum atomic E-state index is 4.30. The van der Waals surface area contributed by atoms with E-state index in [4.69, 9.17) is 0 Å². The summed E-state index contributed by atoms with van der Waals surface area (Å²) in [5.74, 6) is 0. The SMILES string of the molecule is ISn1cccc1Cc1ccccn1. The Morgan fingerprint density at radius 1 is 1.29 bits per heavy atom. The molecule has 0 aliphatic heterocycles. The van der Waals surface area contributed by atoms with E-state index in [2.05, 4.69) is 54.6 Å². The summed E-state index contributed by atoms with van der Waals surface area (Å²) in [7, 11) is 1.68. The predicted octanol–water partition coefficient (Wildman–Crippen LogP) is 3.32. The van der Waals surface area contributed by atoms with Gasteiger partial charge in [-0.05, 0) is 24.3 Å². The molecule has 0 N–H and O–H groups in total. The van der Waals surface area contributed by atoms with Gasteiger partial charge in [-0.15, -0.1) is 0 Å². The third-order valence-electron chi connectivity index (χ3n) is 1.96. The molecule has 0 unspecified atom stereocenters. The highest BCUT2D eigenvalue weighted by Gasteiger charge is 2.01. The van der Waals surface area contributed by atoms with Crippen molar-refractivity contribution in [1.82, 2.24) is 8.96 Å². The smallest absolute Gasteiger partial charge is 0.0462 e. The van der Waals surface area contributed by atoms with Crippen molar-refractivity contribution in [2.75, 3.05) is 0 Å². The average molecular weight is 316 g/mol. The maximum absolute atomic E-state index is 4.30. The lowest BCUT2D eigenvalue weighted by atomic mass is 10.2. The molecule has 14 heavy (non-hydrogen) atoms. The van der Waals surface area contributed by atoms with E-state index < -0.39 is 0 Å². The zero-order chi connectivity index (χ0) is 9.80. The van der Waals surface area contributed by atoms with Gasteiger partial charge in [0.25, 0.3) is 0 Å². The van der Waals surface area contributed by atoms with Crippen LogP contribution in [0.2, 0.25) is 0 Å². The molecule has 0 radical (unpaired) electrons. The molecule has 2 aromatic heterocycles. The second-order valence-electron chi connectivity index (χ2n) is 2.89. The van der Waals surface area contributed by atoms with Gasteiger partial charge in [0, 0.05) is 60.5 Å². The van der Waals surface area contributed by atoms with Crippen molar-refractivity contribution in [3.8, 4) is 0 Å². The molecule has 2 nitrogen and oxygen atoms in total. The molecule has 2 aromatic rings. The molecular weight excluding hydrogens is 307 g/mol. The fourth-order valence-corrected chi connectivity index (χ4v) is 2.78. The summed E-state index contributed by atoms with van der Waals surface area (Å²) in [6.07, 6.45) is 4.79. The first kappa shape index (κ1) is 10.0. The molecule has 0 amide bonds. The number of nitrogens with zero attached hydrogens (tertiary/aromatic N) is 2. The molecule has 72 valence electrons. The summed E-state index contributed by atoms with van der Waals surface area (Å²) < 4.78 is 2.15. The standard InChI is InChI=1S/C10H9IN2S/c11-14-13-7-3-5-10(13)8-9-4-1-2-6-12-9/h1-7H,8H2. The van der Waals surface area contributed by atoms with E-state index in [-0.39, 0.29) is 0 Å². The molecule has 0 bridgehead atoms. The van der Waals surface area contributed by atoms with E-state index in [0.29, 0.717) is 0 Å². The fourth-order valence-electron chi connectivity index (χ4n) is 1.29. The summed E-state index contributed by atoms with van der Waals surface area (Å²) in [5.41, 5.74) is 2.39. The van der Waals surface area contributed by atoms with Crippen molar-refractivity contribution in [3.05, 3.63) is 54.1 Å². The summed E-state index contributed by atoms with van der Waals surface area (Å²) in [6, 6.07) is 10.2. The van der Waals surface area contributed by atoms with Crippen LogP contribution in [0, 0.1) is 0 Å². The van der Waals surface area contributed by atoms with Crippen LogP contribution >= 0.6 is 30.3 Å². The van der Waals surface area contributed by atoms with Crippen molar-refractivity contribution in [2.45, 2.75) is 6.42 Å². The average Bonchev–Trinajstić information content (AvgIpc) is 2.67. The van der Waals surface area contributed by atoms with Crippen LogP contribution in [0.3, 0.4) is 0 Å². The Morgan fingerprint density at radius 2 is 2.21 bits per heavy atom. The molecule has 0 aromatic carbocycles. The van der Waals surface area contributed by atoms with Crippen molar-refractivity contribution in [1.29, 1.82) is 0 Å². The van der Waals surface area contributed by atoms with E-state index in [0.717, 1.165) is 12.1 Å². The number of hydrogen-bond donors (Lipinski definition) is 0. The van der Waals surface area contributed by atoms with Crippen molar-refractivity contribution < 1.29 is 0 Å². The van der Waals surface area contributed by atoms with Crippen molar-refractivity contribution >= 4 is 30.3 Å². The predicted molar refractivity (Wildman–Crippen MR) is 68.5 cm³/mol. The van der Waals surface area contributed by atoms with Gasteiger partial charge in [-0.25, -0.2) is 0 Å². The maximum Gasteiger partial charge on any atom is 0.0462 e. The van der Waals surface area contributed by atoms with E-state index >= 15 is 0 Å². The number of rotatable bonds is 3. The van der Waals surface area contributed by atoms with Gasteiger partial charge in [-0.2, -0.15) is 0 Å². The zero-order valence-corrected chi connectivity index (χ0v) is 10.4. The minimum Gasteiger partial charge on any atom is -0.287 e. The highest BCUT2D eigenvalue weighted by atomic mass is 127. The second-order valence-corrected chi connectivity index (χ2v) is 4.61. The highest BCUT2D eigenvalue weighted by Crippen LogP contribution is 2.20. The van der Waals surface area contributed by atoms with Gasteiger partial charge < -0.3 is 0 Å². The van der Waals surface area contributed by atoms with Crippen LogP contribution < -0.4 is 0 Å². The highest BCUT2D eigenvalue weighted by molar-refractivity contribution is 14.2. The summed E-state index contributed by atoms with van der Waals surface area (Å²) >= 11 is 2.28. The first-order valence-electron chi connectivity index (χ1n) is 4.25. The van der Waals surface area contributed by atoms with Crippen molar-refractivity contribution in [3.63, 3.8) is 0 Å². The lowest BCUT2D eigenvalue weighted by Crippen LogP contribution is -1.95. The normalized spacial score (nSPS) is 10.4. The van der Waals surface area contributed by atoms with Gasteiger partial charge >= 0.3 is 0 Å². The summed E-state index contributed by atoms with van der Waals surface area (Å²) in [4.78, 5) is 4.30. The Balaban J connectivity index is 2.19. The third kappa shape index (κ3) is 2.30. The molecule has 0 fully saturated rings. The first-order chi connectivity index (χ1) is 6.90. The van der Waals surface area contributed by atoms with Gasteiger partial charge in [-0.3, -0.25) is 8.96 Å². The Hall–Kier alpha value is -0.490. The topological polar surface area (TPSA) is 17.8 Å². The molecule has 2 heterocycles. The number of aromatic nitrogens is 2. The lowest BCUT2D eigenvalue weighted by molar-refractivity contribution is 1.01.